The van der Waals surface area contributed by atoms with E-state index in [1.165, 1.54) is 17.0 Å². The molecule has 9 heteroatoms. The van der Waals surface area contributed by atoms with Gasteiger partial charge in [-0.3, -0.25) is 4.79 Å². The Hall–Kier alpha value is -3.62. The van der Waals surface area contributed by atoms with Gasteiger partial charge in [-0.05, 0) is 47.9 Å². The van der Waals surface area contributed by atoms with Gasteiger partial charge in [0.25, 0.3) is 5.89 Å². The summed E-state index contributed by atoms with van der Waals surface area (Å²) < 4.78 is 43.7. The molecule has 0 radical (unpaired) electrons. The summed E-state index contributed by atoms with van der Waals surface area (Å²) in [6, 6.07) is 12.2. The number of H-pyrrole nitrogens is 1. The lowest BCUT2D eigenvalue weighted by molar-refractivity contribution is -0.137. The minimum atomic E-state index is -4.42. The Morgan fingerprint density at radius 3 is 2.67 bits per heavy atom. The average Bonchev–Trinajstić information content (AvgIpc) is 3.46. The maximum atomic E-state index is 12.8. The summed E-state index contributed by atoms with van der Waals surface area (Å²) in [5.41, 5.74) is 1.36. The number of amides is 1. The van der Waals surface area contributed by atoms with E-state index in [4.69, 9.17) is 4.52 Å². The number of anilines is 1. The Morgan fingerprint density at radius 2 is 1.90 bits per heavy atom. The van der Waals surface area contributed by atoms with Gasteiger partial charge >= 0.3 is 6.18 Å². The van der Waals surface area contributed by atoms with Crippen molar-refractivity contribution < 1.29 is 22.5 Å². The van der Waals surface area contributed by atoms with Crippen molar-refractivity contribution in [1.82, 2.24) is 15.1 Å². The number of aromatic nitrogens is 3. The number of hydrogen-bond donors (Lipinski definition) is 1. The van der Waals surface area contributed by atoms with E-state index in [0.717, 1.165) is 28.6 Å². The highest BCUT2D eigenvalue weighted by molar-refractivity contribution is 5.96. The average molecular weight is 412 g/mol. The van der Waals surface area contributed by atoms with Gasteiger partial charge in [0.05, 0.1) is 5.56 Å². The quantitative estimate of drug-likeness (QED) is 0.527. The van der Waals surface area contributed by atoms with Crippen LogP contribution in [0.3, 0.4) is 0 Å². The fourth-order valence-corrected chi connectivity index (χ4v) is 3.66. The summed E-state index contributed by atoms with van der Waals surface area (Å²) in [6.07, 6.45) is -2.41. The van der Waals surface area contributed by atoms with Crippen LogP contribution in [0, 0.1) is 0 Å². The van der Waals surface area contributed by atoms with E-state index in [1.54, 1.807) is 0 Å². The summed E-state index contributed by atoms with van der Waals surface area (Å²) in [5, 5.41) is 5.09. The van der Waals surface area contributed by atoms with Crippen LogP contribution < -0.4 is 4.90 Å². The molecular weight excluding hydrogens is 397 g/mol. The van der Waals surface area contributed by atoms with Crippen molar-refractivity contribution in [1.29, 1.82) is 0 Å². The predicted molar refractivity (Wildman–Crippen MR) is 103 cm³/mol. The Kier molecular flexibility index (Phi) is 4.12. The Bertz CT molecular complexity index is 1230. The van der Waals surface area contributed by atoms with Gasteiger partial charge in [-0.15, -0.1) is 0 Å². The van der Waals surface area contributed by atoms with Crippen molar-refractivity contribution in [2.75, 3.05) is 11.4 Å². The monoisotopic (exact) mass is 412 g/mol. The summed E-state index contributed by atoms with van der Waals surface area (Å²) in [5.74, 6) is 0.256. The smallest absolute Gasteiger partial charge is 0.361 e. The highest BCUT2D eigenvalue weighted by Gasteiger charge is 2.35. The highest BCUT2D eigenvalue weighted by atomic mass is 19.4. The lowest BCUT2D eigenvalue weighted by Gasteiger charge is -2.17. The molecule has 0 bridgehead atoms. The van der Waals surface area contributed by atoms with Gasteiger partial charge in [-0.25, -0.2) is 0 Å². The first kappa shape index (κ1) is 18.4. The van der Waals surface area contributed by atoms with Crippen molar-refractivity contribution >= 4 is 22.5 Å². The molecule has 4 aromatic rings. The van der Waals surface area contributed by atoms with Gasteiger partial charge in [-0.2, -0.15) is 18.2 Å². The minimum Gasteiger partial charge on any atom is -0.361 e. The highest BCUT2D eigenvalue weighted by Crippen LogP contribution is 2.34. The second-order valence-electron chi connectivity index (χ2n) is 7.19. The maximum absolute atomic E-state index is 12.8. The van der Waals surface area contributed by atoms with E-state index in [1.807, 2.05) is 30.5 Å². The molecule has 2 aromatic heterocycles. The van der Waals surface area contributed by atoms with Crippen molar-refractivity contribution in [3.8, 4) is 11.5 Å². The lowest BCUT2D eigenvalue weighted by atomic mass is 10.1. The zero-order valence-corrected chi connectivity index (χ0v) is 15.5. The zero-order valence-electron chi connectivity index (χ0n) is 15.5. The molecule has 1 fully saturated rings. The lowest BCUT2D eigenvalue weighted by Crippen LogP contribution is -2.24. The number of halogens is 3. The van der Waals surface area contributed by atoms with Crippen LogP contribution in [0.2, 0.25) is 0 Å². The third-order valence-electron chi connectivity index (χ3n) is 5.24. The largest absolute Gasteiger partial charge is 0.416 e. The van der Waals surface area contributed by atoms with Gasteiger partial charge in [0, 0.05) is 41.8 Å². The fourth-order valence-electron chi connectivity index (χ4n) is 3.66. The summed E-state index contributed by atoms with van der Waals surface area (Å²) in [6.45, 7) is 0.277. The molecule has 2 aromatic carbocycles. The van der Waals surface area contributed by atoms with E-state index in [2.05, 4.69) is 15.1 Å². The van der Waals surface area contributed by atoms with Crippen LogP contribution in [0.25, 0.3) is 22.4 Å². The van der Waals surface area contributed by atoms with E-state index in [0.29, 0.717) is 17.4 Å². The molecule has 30 heavy (non-hydrogen) atoms. The number of rotatable bonds is 3. The SMILES string of the molecule is O=C1CC(c2noc(-c3ccc4cc[nH]c4c3)n2)CN1c1ccc(C(F)(F)F)cc1. The topological polar surface area (TPSA) is 75.0 Å². The number of hydrogen-bond acceptors (Lipinski definition) is 4. The Balaban J connectivity index is 1.35. The number of benzene rings is 2. The standard InChI is InChI=1S/C21H15F3N4O2/c22-21(23,24)15-3-5-16(6-4-15)28-11-14(10-18(28)29)19-26-20(30-27-19)13-2-1-12-7-8-25-17(12)9-13/h1-9,14,25H,10-11H2. The number of carbonyl (C=O) groups excluding carboxylic acids is 1. The van der Waals surface area contributed by atoms with Crippen molar-refractivity contribution in [3.63, 3.8) is 0 Å². The summed E-state index contributed by atoms with van der Waals surface area (Å²) >= 11 is 0. The molecule has 1 aliphatic rings. The Labute approximate surface area is 168 Å². The molecule has 1 amide bonds. The molecule has 1 saturated heterocycles. The molecule has 1 unspecified atom stereocenters. The summed E-state index contributed by atoms with van der Waals surface area (Å²) in [4.78, 5) is 21.5. The predicted octanol–water partition coefficient (Wildman–Crippen LogP) is 4.76. The van der Waals surface area contributed by atoms with Gasteiger partial charge in [-0.1, -0.05) is 11.2 Å². The molecule has 0 saturated carbocycles. The molecular formula is C21H15F3N4O2. The maximum Gasteiger partial charge on any atom is 0.416 e. The van der Waals surface area contributed by atoms with E-state index in [-0.39, 0.29) is 24.8 Å². The molecule has 6 nitrogen and oxygen atoms in total. The van der Waals surface area contributed by atoms with E-state index >= 15 is 0 Å². The number of nitrogens with zero attached hydrogens (tertiary/aromatic N) is 3. The third-order valence-corrected chi connectivity index (χ3v) is 5.24. The minimum absolute atomic E-state index is 0.162. The number of aromatic amines is 1. The molecule has 1 atom stereocenters. The van der Waals surface area contributed by atoms with Crippen molar-refractivity contribution in [2.45, 2.75) is 18.5 Å². The molecule has 1 aliphatic heterocycles. The molecule has 0 aliphatic carbocycles. The normalized spacial score (nSPS) is 17.2. The van der Waals surface area contributed by atoms with Gasteiger partial charge < -0.3 is 14.4 Å². The number of alkyl halides is 3. The first-order chi connectivity index (χ1) is 14.4. The van der Waals surface area contributed by atoms with Gasteiger partial charge in [0.2, 0.25) is 5.91 Å². The molecule has 0 spiro atoms. The van der Waals surface area contributed by atoms with Gasteiger partial charge in [0.15, 0.2) is 5.82 Å². The van der Waals surface area contributed by atoms with E-state index in [9.17, 15) is 18.0 Å². The summed E-state index contributed by atoms with van der Waals surface area (Å²) in [7, 11) is 0. The number of carbonyl (C=O) groups is 1. The van der Waals surface area contributed by atoms with Crippen molar-refractivity contribution in [3.05, 3.63) is 66.1 Å². The van der Waals surface area contributed by atoms with Crippen LogP contribution in [0.15, 0.2) is 59.3 Å². The second kappa shape index (κ2) is 6.72. The Morgan fingerprint density at radius 1 is 1.10 bits per heavy atom. The molecule has 5 rings (SSSR count). The number of nitrogens with one attached hydrogen (secondary N) is 1. The van der Waals surface area contributed by atoms with Crippen LogP contribution in [0.4, 0.5) is 18.9 Å². The zero-order chi connectivity index (χ0) is 20.9. The van der Waals surface area contributed by atoms with Crippen LogP contribution in [0.5, 0.6) is 0 Å². The first-order valence-electron chi connectivity index (χ1n) is 9.27. The van der Waals surface area contributed by atoms with Gasteiger partial charge in [0.1, 0.15) is 0 Å². The van der Waals surface area contributed by atoms with Crippen LogP contribution in [0.1, 0.15) is 23.7 Å². The fraction of sp³-hybridized carbons (Fsp3) is 0.190. The molecule has 152 valence electrons. The second-order valence-corrected chi connectivity index (χ2v) is 7.19. The first-order valence-corrected chi connectivity index (χ1v) is 9.27. The van der Waals surface area contributed by atoms with Crippen LogP contribution >= 0.6 is 0 Å². The van der Waals surface area contributed by atoms with Crippen LogP contribution in [-0.4, -0.2) is 27.6 Å². The van der Waals surface area contributed by atoms with Crippen LogP contribution in [-0.2, 0) is 11.0 Å². The third kappa shape index (κ3) is 3.22. The van der Waals surface area contributed by atoms with E-state index < -0.39 is 11.7 Å². The van der Waals surface area contributed by atoms with Crippen molar-refractivity contribution in [2.24, 2.45) is 0 Å². The number of fused-ring (bicyclic) bond motifs is 1. The molecule has 3 heterocycles. The molecule has 1 N–H and O–H groups in total.